The van der Waals surface area contributed by atoms with E-state index in [4.69, 9.17) is 11.6 Å². The fourth-order valence-corrected chi connectivity index (χ4v) is 4.28. The van der Waals surface area contributed by atoms with Gasteiger partial charge >= 0.3 is 0 Å². The number of amides is 1. The van der Waals surface area contributed by atoms with E-state index in [1.165, 1.54) is 40.5 Å². The highest BCUT2D eigenvalue weighted by molar-refractivity contribution is 7.23. The van der Waals surface area contributed by atoms with E-state index in [1.807, 2.05) is 31.2 Å². The van der Waals surface area contributed by atoms with Gasteiger partial charge in [0.05, 0.1) is 32.4 Å². The molecule has 0 saturated carbocycles. The van der Waals surface area contributed by atoms with E-state index < -0.39 is 4.92 Å². The lowest BCUT2D eigenvalue weighted by Crippen LogP contribution is -2.30. The van der Waals surface area contributed by atoms with Crippen molar-refractivity contribution in [1.82, 2.24) is 9.97 Å². The van der Waals surface area contributed by atoms with Gasteiger partial charge in [-0.25, -0.2) is 4.98 Å². The first-order chi connectivity index (χ1) is 14.4. The smallest absolute Gasteiger partial charge is 0.269 e. The number of nitrogens with zero attached hydrogens (tertiary/aromatic N) is 4. The van der Waals surface area contributed by atoms with Crippen LogP contribution in [0, 0.1) is 17.0 Å². The predicted molar refractivity (Wildman–Crippen MR) is 117 cm³/mol. The summed E-state index contributed by atoms with van der Waals surface area (Å²) in [6, 6.07) is 14.7. The molecule has 4 rings (SSSR count). The minimum absolute atomic E-state index is 0.0785. The first-order valence-corrected chi connectivity index (χ1v) is 10.2. The van der Waals surface area contributed by atoms with Crippen molar-refractivity contribution >= 4 is 49.9 Å². The number of halogens is 1. The van der Waals surface area contributed by atoms with Gasteiger partial charge in [-0.05, 0) is 42.8 Å². The summed E-state index contributed by atoms with van der Waals surface area (Å²) < 4.78 is 0.800. The van der Waals surface area contributed by atoms with E-state index in [2.05, 4.69) is 9.97 Å². The molecule has 0 fully saturated rings. The molecule has 0 bridgehead atoms. The van der Waals surface area contributed by atoms with Crippen LogP contribution in [-0.2, 0) is 6.54 Å². The lowest BCUT2D eigenvalue weighted by Gasteiger charge is -2.19. The molecular formula is C21H15ClN4O3S. The Kier molecular flexibility index (Phi) is 5.43. The number of fused-ring (bicyclic) bond motifs is 1. The molecule has 0 aliphatic carbocycles. The maximum absolute atomic E-state index is 13.3. The van der Waals surface area contributed by atoms with Gasteiger partial charge in [0.15, 0.2) is 5.13 Å². The molecule has 30 heavy (non-hydrogen) atoms. The Morgan fingerprint density at radius 1 is 1.17 bits per heavy atom. The predicted octanol–water partition coefficient (Wildman–Crippen LogP) is 5.41. The number of carbonyl (C=O) groups is 1. The number of carbonyl (C=O) groups excluding carboxylic acids is 1. The molecule has 1 amide bonds. The first-order valence-electron chi connectivity index (χ1n) is 8.96. The second-order valence-electron chi connectivity index (χ2n) is 6.55. The van der Waals surface area contributed by atoms with Gasteiger partial charge in [0.25, 0.3) is 11.6 Å². The Bertz CT molecular complexity index is 1200. The van der Waals surface area contributed by atoms with Crippen molar-refractivity contribution in [2.75, 3.05) is 4.90 Å². The molecule has 0 unspecified atom stereocenters. The van der Waals surface area contributed by atoms with E-state index in [0.29, 0.717) is 21.4 Å². The maximum Gasteiger partial charge on any atom is 0.269 e. The number of non-ortho nitro benzene ring substituents is 1. The molecule has 150 valence electrons. The molecule has 0 atom stereocenters. The zero-order chi connectivity index (χ0) is 21.3. The van der Waals surface area contributed by atoms with Gasteiger partial charge in [0, 0.05) is 23.9 Å². The monoisotopic (exact) mass is 438 g/mol. The first kappa shape index (κ1) is 19.9. The third-order valence-corrected chi connectivity index (χ3v) is 6.07. The Balaban J connectivity index is 1.78. The fraction of sp³-hybridized carbons (Fsp3) is 0.0952. The third-order valence-electron chi connectivity index (χ3n) is 4.53. The van der Waals surface area contributed by atoms with Crippen LogP contribution in [0.2, 0.25) is 5.02 Å². The Morgan fingerprint density at radius 3 is 2.57 bits per heavy atom. The second kappa shape index (κ2) is 8.17. The molecule has 9 heteroatoms. The molecule has 2 aromatic carbocycles. The summed E-state index contributed by atoms with van der Waals surface area (Å²) >= 11 is 7.66. The highest BCUT2D eigenvalue weighted by Gasteiger charge is 2.24. The SMILES string of the molecule is Cc1ccc(Cl)c2sc(N(Cc3ccccn3)C(=O)c3ccc([N+](=O)[O-])cc3)nc12. The quantitative estimate of drug-likeness (QED) is 0.307. The number of nitro groups is 1. The van der Waals surface area contributed by atoms with E-state index in [-0.39, 0.29) is 18.1 Å². The van der Waals surface area contributed by atoms with Gasteiger partial charge in [-0.1, -0.05) is 35.1 Å². The van der Waals surface area contributed by atoms with Crippen molar-refractivity contribution in [3.63, 3.8) is 0 Å². The number of nitro benzene ring substituents is 1. The highest BCUT2D eigenvalue weighted by atomic mass is 35.5. The maximum atomic E-state index is 13.3. The number of aryl methyl sites for hydroxylation is 1. The summed E-state index contributed by atoms with van der Waals surface area (Å²) in [6.07, 6.45) is 1.66. The van der Waals surface area contributed by atoms with Crippen LogP contribution in [-0.4, -0.2) is 20.8 Å². The molecular weight excluding hydrogens is 424 g/mol. The van der Waals surface area contributed by atoms with Crippen LogP contribution >= 0.6 is 22.9 Å². The van der Waals surface area contributed by atoms with Crippen LogP contribution in [0.15, 0.2) is 60.8 Å². The van der Waals surface area contributed by atoms with Crippen molar-refractivity contribution in [3.8, 4) is 0 Å². The van der Waals surface area contributed by atoms with Gasteiger partial charge < -0.3 is 0 Å². The van der Waals surface area contributed by atoms with E-state index in [9.17, 15) is 14.9 Å². The zero-order valence-corrected chi connectivity index (χ0v) is 17.4. The number of benzene rings is 2. The minimum atomic E-state index is -0.502. The van der Waals surface area contributed by atoms with E-state index >= 15 is 0 Å². The van der Waals surface area contributed by atoms with Crippen molar-refractivity contribution in [3.05, 3.63) is 92.8 Å². The number of thiazole rings is 1. The second-order valence-corrected chi connectivity index (χ2v) is 7.94. The van der Waals surface area contributed by atoms with Gasteiger partial charge in [-0.15, -0.1) is 0 Å². The third kappa shape index (κ3) is 3.87. The summed E-state index contributed by atoms with van der Waals surface area (Å²) in [7, 11) is 0. The van der Waals surface area contributed by atoms with Crippen LogP contribution in [0.25, 0.3) is 10.2 Å². The van der Waals surface area contributed by atoms with Gasteiger partial charge in [-0.3, -0.25) is 24.8 Å². The molecule has 0 radical (unpaired) electrons. The lowest BCUT2D eigenvalue weighted by atomic mass is 10.2. The standard InChI is InChI=1S/C21H15ClN4O3S/c1-13-5-10-17(22)19-18(13)24-21(30-19)25(12-15-4-2-3-11-23-15)20(27)14-6-8-16(9-7-14)26(28)29/h2-11H,12H2,1H3. The molecule has 2 heterocycles. The number of aromatic nitrogens is 2. The molecule has 0 spiro atoms. The van der Waals surface area contributed by atoms with Crippen LogP contribution in [0.5, 0.6) is 0 Å². The van der Waals surface area contributed by atoms with Crippen molar-refractivity contribution in [2.24, 2.45) is 0 Å². The topological polar surface area (TPSA) is 89.2 Å². The van der Waals surface area contributed by atoms with Crippen LogP contribution in [0.1, 0.15) is 21.6 Å². The molecule has 0 saturated heterocycles. The normalized spacial score (nSPS) is 10.9. The van der Waals surface area contributed by atoms with E-state index in [1.54, 1.807) is 12.3 Å². The summed E-state index contributed by atoms with van der Waals surface area (Å²) in [5.74, 6) is -0.330. The summed E-state index contributed by atoms with van der Waals surface area (Å²) in [6.45, 7) is 2.14. The van der Waals surface area contributed by atoms with Gasteiger partial charge in [0.1, 0.15) is 0 Å². The lowest BCUT2D eigenvalue weighted by molar-refractivity contribution is -0.384. The Labute approximate surface area is 180 Å². The van der Waals surface area contributed by atoms with Crippen molar-refractivity contribution in [2.45, 2.75) is 13.5 Å². The molecule has 0 aliphatic heterocycles. The molecule has 7 nitrogen and oxygen atoms in total. The largest absolute Gasteiger partial charge is 0.278 e. The highest BCUT2D eigenvalue weighted by Crippen LogP contribution is 2.36. The Morgan fingerprint density at radius 2 is 1.93 bits per heavy atom. The van der Waals surface area contributed by atoms with E-state index in [0.717, 1.165) is 15.8 Å². The molecule has 0 N–H and O–H groups in total. The number of hydrogen-bond acceptors (Lipinski definition) is 6. The zero-order valence-electron chi connectivity index (χ0n) is 15.8. The number of pyridine rings is 1. The summed E-state index contributed by atoms with van der Waals surface area (Å²) in [4.78, 5) is 34.3. The van der Waals surface area contributed by atoms with Crippen LogP contribution in [0.3, 0.4) is 0 Å². The molecule has 4 aromatic rings. The summed E-state index contributed by atoms with van der Waals surface area (Å²) in [5.41, 5.74) is 2.63. The van der Waals surface area contributed by atoms with Crippen molar-refractivity contribution < 1.29 is 9.72 Å². The average Bonchev–Trinajstić information content (AvgIpc) is 3.21. The Hall–Kier alpha value is -3.36. The minimum Gasteiger partial charge on any atom is -0.278 e. The molecule has 2 aromatic heterocycles. The fourth-order valence-electron chi connectivity index (χ4n) is 2.97. The number of hydrogen-bond donors (Lipinski definition) is 0. The number of anilines is 1. The average molecular weight is 439 g/mol. The van der Waals surface area contributed by atoms with Crippen LogP contribution < -0.4 is 4.90 Å². The number of rotatable bonds is 5. The van der Waals surface area contributed by atoms with Crippen molar-refractivity contribution in [1.29, 1.82) is 0 Å². The van der Waals surface area contributed by atoms with Crippen LogP contribution in [0.4, 0.5) is 10.8 Å². The summed E-state index contributed by atoms with van der Waals surface area (Å²) in [5, 5.41) is 12.0. The molecule has 0 aliphatic rings. The van der Waals surface area contributed by atoms with Gasteiger partial charge in [0.2, 0.25) is 0 Å². The van der Waals surface area contributed by atoms with Gasteiger partial charge in [-0.2, -0.15) is 0 Å².